The molecule has 0 spiro atoms. The van der Waals surface area contributed by atoms with Crippen molar-refractivity contribution in [1.29, 1.82) is 0 Å². The molecule has 2 aliphatic rings. The summed E-state index contributed by atoms with van der Waals surface area (Å²) in [4.78, 5) is 0. The molecule has 2 radical (unpaired) electrons. The van der Waals surface area contributed by atoms with Crippen LogP contribution in [0.4, 0.5) is 0 Å². The van der Waals surface area contributed by atoms with Gasteiger partial charge in [-0.3, -0.25) is 0 Å². The first-order valence-electron chi connectivity index (χ1n) is 6.68. The van der Waals surface area contributed by atoms with Gasteiger partial charge in [0.15, 0.2) is 0 Å². The minimum absolute atomic E-state index is 0. The third kappa shape index (κ3) is 8.81. The molecular formula is C13H27NPbS2. The van der Waals surface area contributed by atoms with E-state index in [1.165, 1.54) is 38.5 Å². The third-order valence-corrected chi connectivity index (χ3v) is 3.97. The van der Waals surface area contributed by atoms with Crippen LogP contribution in [0, 0.1) is 11.8 Å². The molecule has 17 heavy (non-hydrogen) atoms. The fourth-order valence-corrected chi connectivity index (χ4v) is 3.21. The van der Waals surface area contributed by atoms with E-state index in [0.717, 1.165) is 11.8 Å². The molecule has 0 bridgehead atoms. The first kappa shape index (κ1) is 18.2. The molecule has 0 amide bonds. The summed E-state index contributed by atoms with van der Waals surface area (Å²) in [6, 6.07) is 0. The van der Waals surface area contributed by atoms with Gasteiger partial charge in [0.1, 0.15) is 4.32 Å². The zero-order valence-electron chi connectivity index (χ0n) is 10.9. The summed E-state index contributed by atoms with van der Waals surface area (Å²) in [5, 5.41) is 0. The van der Waals surface area contributed by atoms with Gasteiger partial charge < -0.3 is 5.73 Å². The monoisotopic (exact) mass is 469 g/mol. The van der Waals surface area contributed by atoms with E-state index in [1.807, 2.05) is 0 Å². The molecule has 1 nitrogen and oxygen atoms in total. The Morgan fingerprint density at radius 3 is 1.29 bits per heavy atom. The number of rotatable bonds is 1. The van der Waals surface area contributed by atoms with Crippen molar-refractivity contribution in [2.45, 2.75) is 64.2 Å². The molecule has 2 saturated carbocycles. The molecule has 100 valence electrons. The van der Waals surface area contributed by atoms with Gasteiger partial charge in [0, 0.05) is 0 Å². The quantitative estimate of drug-likeness (QED) is 0.351. The third-order valence-electron chi connectivity index (χ3n) is 3.97. The molecule has 0 aliphatic heterocycles. The zero-order valence-corrected chi connectivity index (χ0v) is 18.1. The Morgan fingerprint density at radius 1 is 0.824 bits per heavy atom. The summed E-state index contributed by atoms with van der Waals surface area (Å²) in [6.07, 6.45) is 15.4. The van der Waals surface area contributed by atoms with Crippen LogP contribution in [-0.2, 0) is 0 Å². The van der Waals surface area contributed by atoms with Crippen LogP contribution in [-0.4, -0.2) is 31.6 Å². The summed E-state index contributed by atoms with van der Waals surface area (Å²) >= 11 is 7.65. The molecule has 0 unspecified atom stereocenters. The van der Waals surface area contributed by atoms with Crippen LogP contribution in [0.2, 0.25) is 0 Å². The van der Waals surface area contributed by atoms with Gasteiger partial charge >= 0.3 is 27.3 Å². The van der Waals surface area contributed by atoms with Gasteiger partial charge in [-0.05, 0) is 11.8 Å². The van der Waals surface area contributed by atoms with Crippen molar-refractivity contribution >= 4 is 56.5 Å². The van der Waals surface area contributed by atoms with E-state index in [9.17, 15) is 0 Å². The molecule has 0 saturated heterocycles. The van der Waals surface area contributed by atoms with Crippen LogP contribution in [0.1, 0.15) is 64.2 Å². The topological polar surface area (TPSA) is 26.0 Å². The Bertz CT molecular complexity index is 180. The van der Waals surface area contributed by atoms with Crippen LogP contribution in [0.3, 0.4) is 0 Å². The number of thiol groups is 1. The summed E-state index contributed by atoms with van der Waals surface area (Å²) in [7, 11) is 0. The molecule has 0 heterocycles. The van der Waals surface area contributed by atoms with E-state index in [2.05, 4.69) is 24.8 Å². The van der Waals surface area contributed by atoms with Gasteiger partial charge in [-0.1, -0.05) is 76.4 Å². The maximum absolute atomic E-state index is 4.71. The van der Waals surface area contributed by atoms with Crippen molar-refractivity contribution in [2.75, 3.05) is 0 Å². The van der Waals surface area contributed by atoms with Crippen LogP contribution in [0.15, 0.2) is 0 Å². The Balaban J connectivity index is 0.000000453. The fraction of sp³-hybridized carbons (Fsp3) is 0.923. The van der Waals surface area contributed by atoms with Crippen molar-refractivity contribution in [3.8, 4) is 0 Å². The summed E-state index contributed by atoms with van der Waals surface area (Å²) in [5.74, 6) is 2.28. The summed E-state index contributed by atoms with van der Waals surface area (Å²) in [6.45, 7) is 0. The van der Waals surface area contributed by atoms with Gasteiger partial charge in [-0.15, -0.1) is 12.6 Å². The van der Waals surface area contributed by atoms with Gasteiger partial charge in [-0.2, -0.15) is 0 Å². The molecule has 0 aromatic heterocycles. The second-order valence-electron chi connectivity index (χ2n) is 5.13. The summed E-state index contributed by atoms with van der Waals surface area (Å²) in [5.41, 5.74) is 4.71. The predicted molar refractivity (Wildman–Crippen MR) is 87.5 cm³/mol. The van der Waals surface area contributed by atoms with E-state index in [4.69, 9.17) is 5.73 Å². The standard InChI is InChI=1S/C12H22.CH3NS2.Pb.2H/c1-3-7-11(8-4-1)12-9-5-2-6-10-12;2-1(3)4;;;/h11-12H,1-10H2;(H3,2,3,4);;;. The number of hydrogen-bond acceptors (Lipinski definition) is 1. The van der Waals surface area contributed by atoms with Crippen LogP contribution >= 0.6 is 24.8 Å². The van der Waals surface area contributed by atoms with Gasteiger partial charge in [-0.25, -0.2) is 0 Å². The first-order valence-corrected chi connectivity index (χ1v) is 7.54. The first-order chi connectivity index (χ1) is 7.70. The van der Waals surface area contributed by atoms with E-state index >= 15 is 0 Å². The molecule has 0 atom stereocenters. The number of hydrogen-bond donors (Lipinski definition) is 2. The molecular weight excluding hydrogens is 441 g/mol. The van der Waals surface area contributed by atoms with Crippen molar-refractivity contribution in [3.05, 3.63) is 0 Å². The molecule has 4 heteroatoms. The Kier molecular flexibility index (Phi) is 11.8. The summed E-state index contributed by atoms with van der Waals surface area (Å²) < 4.78 is 0.194. The molecule has 2 fully saturated rings. The van der Waals surface area contributed by atoms with Gasteiger partial charge in [0.2, 0.25) is 0 Å². The Hall–Kier alpha value is 1.16. The molecule has 2 rings (SSSR count). The minimum atomic E-state index is 0. The number of thiocarbonyl (C=S) groups is 1. The van der Waals surface area contributed by atoms with E-state index < -0.39 is 0 Å². The van der Waals surface area contributed by atoms with Gasteiger partial charge in [0.25, 0.3) is 0 Å². The van der Waals surface area contributed by atoms with E-state index in [1.54, 1.807) is 25.7 Å². The van der Waals surface area contributed by atoms with Crippen LogP contribution in [0.25, 0.3) is 0 Å². The van der Waals surface area contributed by atoms with Crippen LogP contribution < -0.4 is 5.73 Å². The predicted octanol–water partition coefficient (Wildman–Crippen LogP) is 3.39. The number of nitrogens with two attached hydrogens (primary N) is 1. The Labute approximate surface area is 137 Å². The van der Waals surface area contributed by atoms with Crippen molar-refractivity contribution in [3.63, 3.8) is 0 Å². The van der Waals surface area contributed by atoms with Crippen molar-refractivity contribution < 1.29 is 0 Å². The van der Waals surface area contributed by atoms with E-state index in [-0.39, 0.29) is 31.6 Å². The van der Waals surface area contributed by atoms with Crippen molar-refractivity contribution in [2.24, 2.45) is 17.6 Å². The molecule has 2 aliphatic carbocycles. The average Bonchev–Trinajstić information content (AvgIpc) is 2.31. The maximum atomic E-state index is 4.71. The average molecular weight is 469 g/mol. The zero-order chi connectivity index (χ0) is 11.8. The Morgan fingerprint density at radius 2 is 1.06 bits per heavy atom. The van der Waals surface area contributed by atoms with Gasteiger partial charge in [0.05, 0.1) is 0 Å². The van der Waals surface area contributed by atoms with E-state index in [0.29, 0.717) is 0 Å². The van der Waals surface area contributed by atoms with Crippen molar-refractivity contribution in [1.82, 2.24) is 0 Å². The SMILES string of the molecule is C1CCC(C2CCCCC2)CC1.NC(=S)S.[PbH2]. The second-order valence-corrected chi connectivity index (χ2v) is 6.36. The molecule has 0 aromatic carbocycles. The second kappa shape index (κ2) is 11.0. The molecule has 0 aromatic rings. The fourth-order valence-electron chi connectivity index (χ4n) is 3.21. The van der Waals surface area contributed by atoms with Crippen LogP contribution in [0.5, 0.6) is 0 Å². The normalized spacial score (nSPS) is 21.9. The molecule has 2 N–H and O–H groups in total.